The molecule has 0 saturated carbocycles. The number of hydrogen-bond donors (Lipinski definition) is 1. The smallest absolute Gasteiger partial charge is 0.244 e. The Bertz CT molecular complexity index is 1430. The van der Waals surface area contributed by atoms with E-state index < -0.39 is 28.5 Å². The first-order chi connectivity index (χ1) is 19.2. The summed E-state index contributed by atoms with van der Waals surface area (Å²) < 4.78 is 38.4. The summed E-state index contributed by atoms with van der Waals surface area (Å²) in [6.07, 6.45) is 0.273. The third kappa shape index (κ3) is 6.93. The molecule has 0 saturated heterocycles. The van der Waals surface area contributed by atoms with Gasteiger partial charge in [-0.2, -0.15) is 0 Å². The molecule has 4 rings (SSSR count). The molecule has 0 aromatic heterocycles. The largest absolute Gasteiger partial charge is 0.454 e. The molecule has 0 unspecified atom stereocenters. The standard InChI is InChI=1S/C30H35N3O6S/c1-4-31-30(35)26(17-23-9-7-6-8-10-23)32(19-24-13-11-22(3)12-14-24)29(34)20-33(40(36,37)5-2)25-15-16-27-28(18-25)39-21-38-27/h6-16,18,26H,4-5,17,19-21H2,1-3H3,(H,31,35)/t26-/m1/s1. The summed E-state index contributed by atoms with van der Waals surface area (Å²) in [5.41, 5.74) is 3.06. The zero-order valence-corrected chi connectivity index (χ0v) is 23.8. The summed E-state index contributed by atoms with van der Waals surface area (Å²) in [4.78, 5) is 29.0. The number of ether oxygens (including phenoxy) is 2. The normalized spacial score (nSPS) is 13.0. The van der Waals surface area contributed by atoms with E-state index in [9.17, 15) is 18.0 Å². The molecule has 1 aliphatic rings. The van der Waals surface area contributed by atoms with Gasteiger partial charge in [-0.05, 0) is 44.0 Å². The number of nitrogens with zero attached hydrogens (tertiary/aromatic N) is 2. The van der Waals surface area contributed by atoms with Gasteiger partial charge in [-0.1, -0.05) is 60.2 Å². The van der Waals surface area contributed by atoms with Crippen LogP contribution in [0, 0.1) is 6.92 Å². The zero-order chi connectivity index (χ0) is 28.7. The van der Waals surface area contributed by atoms with Crippen LogP contribution in [0.15, 0.2) is 72.8 Å². The highest BCUT2D eigenvalue weighted by Crippen LogP contribution is 2.36. The second kappa shape index (κ2) is 12.9. The molecule has 0 fully saturated rings. The second-order valence-corrected chi connectivity index (χ2v) is 11.7. The maximum atomic E-state index is 14.1. The van der Waals surface area contributed by atoms with Gasteiger partial charge in [-0.15, -0.1) is 0 Å². The number of benzene rings is 3. The third-order valence-corrected chi connectivity index (χ3v) is 8.46. The molecule has 10 heteroatoms. The van der Waals surface area contributed by atoms with Crippen LogP contribution >= 0.6 is 0 Å². The Morgan fingerprint density at radius 1 is 0.925 bits per heavy atom. The molecule has 1 N–H and O–H groups in total. The van der Waals surface area contributed by atoms with Crippen LogP contribution in [0.1, 0.15) is 30.5 Å². The number of anilines is 1. The van der Waals surface area contributed by atoms with Crippen molar-refractivity contribution in [1.82, 2.24) is 10.2 Å². The van der Waals surface area contributed by atoms with Gasteiger partial charge in [-0.3, -0.25) is 13.9 Å². The Hall–Kier alpha value is -4.05. The van der Waals surface area contributed by atoms with Crippen LogP contribution in [0.4, 0.5) is 5.69 Å². The lowest BCUT2D eigenvalue weighted by atomic mass is 10.0. The van der Waals surface area contributed by atoms with Crippen molar-refractivity contribution in [2.75, 3.05) is 29.9 Å². The fourth-order valence-corrected chi connectivity index (χ4v) is 5.55. The van der Waals surface area contributed by atoms with Gasteiger partial charge in [0.25, 0.3) is 0 Å². The zero-order valence-electron chi connectivity index (χ0n) is 23.0. The molecule has 3 aromatic rings. The summed E-state index contributed by atoms with van der Waals surface area (Å²) in [6.45, 7) is 5.40. The number of likely N-dealkylation sites (N-methyl/N-ethyl adjacent to an activating group) is 1. The van der Waals surface area contributed by atoms with Gasteiger partial charge in [0, 0.05) is 25.6 Å². The van der Waals surface area contributed by atoms with E-state index in [0.717, 1.165) is 21.0 Å². The van der Waals surface area contributed by atoms with Crippen molar-refractivity contribution in [1.29, 1.82) is 0 Å². The Kier molecular flexibility index (Phi) is 9.31. The van der Waals surface area contributed by atoms with E-state index in [4.69, 9.17) is 9.47 Å². The van der Waals surface area contributed by atoms with Gasteiger partial charge in [-0.25, -0.2) is 8.42 Å². The van der Waals surface area contributed by atoms with Gasteiger partial charge in [0.2, 0.25) is 28.6 Å². The number of carbonyl (C=O) groups is 2. The van der Waals surface area contributed by atoms with E-state index >= 15 is 0 Å². The van der Waals surface area contributed by atoms with Crippen LogP contribution in [0.2, 0.25) is 0 Å². The molecular weight excluding hydrogens is 530 g/mol. The highest BCUT2D eigenvalue weighted by molar-refractivity contribution is 7.92. The van der Waals surface area contributed by atoms with Crippen molar-refractivity contribution in [3.63, 3.8) is 0 Å². The van der Waals surface area contributed by atoms with Crippen LogP contribution in [-0.2, 0) is 32.6 Å². The van der Waals surface area contributed by atoms with E-state index in [1.165, 1.54) is 11.8 Å². The molecule has 0 bridgehead atoms. The lowest BCUT2D eigenvalue weighted by molar-refractivity contribution is -0.140. The minimum Gasteiger partial charge on any atom is -0.454 e. The first kappa shape index (κ1) is 28.9. The molecule has 0 spiro atoms. The van der Waals surface area contributed by atoms with E-state index in [2.05, 4.69) is 5.32 Å². The van der Waals surface area contributed by atoms with Crippen LogP contribution in [-0.4, -0.2) is 56.8 Å². The molecular formula is C30H35N3O6S. The highest BCUT2D eigenvalue weighted by atomic mass is 32.2. The van der Waals surface area contributed by atoms with Crippen LogP contribution < -0.4 is 19.1 Å². The fourth-order valence-electron chi connectivity index (χ4n) is 4.50. The monoisotopic (exact) mass is 565 g/mol. The van der Waals surface area contributed by atoms with Gasteiger partial charge in [0.05, 0.1) is 11.4 Å². The summed E-state index contributed by atoms with van der Waals surface area (Å²) >= 11 is 0. The van der Waals surface area contributed by atoms with Crippen molar-refractivity contribution < 1.29 is 27.5 Å². The quantitative estimate of drug-likeness (QED) is 0.360. The molecule has 3 aromatic carbocycles. The number of nitrogens with one attached hydrogen (secondary N) is 1. The van der Waals surface area contributed by atoms with E-state index in [1.54, 1.807) is 18.2 Å². The molecule has 40 heavy (non-hydrogen) atoms. The average molecular weight is 566 g/mol. The van der Waals surface area contributed by atoms with Crippen molar-refractivity contribution in [2.45, 2.75) is 39.8 Å². The maximum Gasteiger partial charge on any atom is 0.244 e. The molecule has 1 aliphatic heterocycles. The van der Waals surface area contributed by atoms with Gasteiger partial charge >= 0.3 is 0 Å². The molecule has 2 amide bonds. The number of aryl methyl sites for hydroxylation is 1. The van der Waals surface area contributed by atoms with E-state index in [0.29, 0.717) is 18.0 Å². The molecule has 1 heterocycles. The average Bonchev–Trinajstić information content (AvgIpc) is 3.43. The minimum absolute atomic E-state index is 0.0380. The molecule has 212 valence electrons. The number of fused-ring (bicyclic) bond motifs is 1. The second-order valence-electron chi connectivity index (χ2n) is 9.55. The number of sulfonamides is 1. The lowest BCUT2D eigenvalue weighted by Gasteiger charge is -2.33. The molecule has 0 radical (unpaired) electrons. The van der Waals surface area contributed by atoms with Gasteiger partial charge in [0.1, 0.15) is 12.6 Å². The van der Waals surface area contributed by atoms with E-state index in [-0.39, 0.29) is 37.1 Å². The number of hydrogen-bond acceptors (Lipinski definition) is 6. The topological polar surface area (TPSA) is 105 Å². The number of rotatable bonds is 12. The van der Waals surface area contributed by atoms with Crippen molar-refractivity contribution in [3.8, 4) is 11.5 Å². The van der Waals surface area contributed by atoms with Crippen molar-refractivity contribution in [2.24, 2.45) is 0 Å². The lowest BCUT2D eigenvalue weighted by Crippen LogP contribution is -2.53. The fraction of sp³-hybridized carbons (Fsp3) is 0.333. The Labute approximate surface area is 235 Å². The highest BCUT2D eigenvalue weighted by Gasteiger charge is 2.34. The number of carbonyl (C=O) groups excluding carboxylic acids is 2. The Morgan fingerprint density at radius 2 is 1.62 bits per heavy atom. The minimum atomic E-state index is -3.86. The molecule has 9 nitrogen and oxygen atoms in total. The predicted molar refractivity (Wildman–Crippen MR) is 154 cm³/mol. The van der Waals surface area contributed by atoms with Crippen LogP contribution in [0.5, 0.6) is 11.5 Å². The molecule has 1 atom stereocenters. The van der Waals surface area contributed by atoms with Gasteiger partial charge < -0.3 is 19.7 Å². The Balaban J connectivity index is 1.73. The van der Waals surface area contributed by atoms with Crippen molar-refractivity contribution >= 4 is 27.5 Å². The number of amides is 2. The third-order valence-electron chi connectivity index (χ3n) is 6.72. The summed E-state index contributed by atoms with van der Waals surface area (Å²) in [5.74, 6) is -0.107. The van der Waals surface area contributed by atoms with E-state index in [1.807, 2.05) is 68.4 Å². The molecule has 0 aliphatic carbocycles. The maximum absolute atomic E-state index is 14.1. The first-order valence-corrected chi connectivity index (χ1v) is 14.9. The summed E-state index contributed by atoms with van der Waals surface area (Å²) in [6, 6.07) is 21.1. The van der Waals surface area contributed by atoms with Crippen LogP contribution in [0.25, 0.3) is 0 Å². The van der Waals surface area contributed by atoms with Gasteiger partial charge in [0.15, 0.2) is 11.5 Å². The first-order valence-electron chi connectivity index (χ1n) is 13.3. The Morgan fingerprint density at radius 3 is 2.30 bits per heavy atom. The predicted octanol–water partition coefficient (Wildman–Crippen LogP) is 3.66. The SMILES string of the molecule is CCNC(=O)[C@@H](Cc1ccccc1)N(Cc1ccc(C)cc1)C(=O)CN(c1ccc2c(c1)OCO2)S(=O)(=O)CC. The van der Waals surface area contributed by atoms with Crippen LogP contribution in [0.3, 0.4) is 0 Å². The summed E-state index contributed by atoms with van der Waals surface area (Å²) in [7, 11) is -3.86. The van der Waals surface area contributed by atoms with Crippen molar-refractivity contribution in [3.05, 3.63) is 89.5 Å². The summed E-state index contributed by atoms with van der Waals surface area (Å²) in [5, 5.41) is 2.86.